The highest BCUT2D eigenvalue weighted by Crippen LogP contribution is 2.21. The van der Waals surface area contributed by atoms with Crippen molar-refractivity contribution in [3.63, 3.8) is 0 Å². The fourth-order valence-electron chi connectivity index (χ4n) is 2.84. The van der Waals surface area contributed by atoms with Gasteiger partial charge in [-0.25, -0.2) is 13.1 Å². The Kier molecular flexibility index (Phi) is 6.18. The summed E-state index contributed by atoms with van der Waals surface area (Å²) >= 11 is 0. The Morgan fingerprint density at radius 1 is 1.30 bits per heavy atom. The quantitative estimate of drug-likeness (QED) is 0.831. The van der Waals surface area contributed by atoms with Crippen LogP contribution in [0.3, 0.4) is 0 Å². The van der Waals surface area contributed by atoms with Gasteiger partial charge in [0.25, 0.3) is 5.91 Å². The average Bonchev–Trinajstić information content (AvgIpc) is 3.04. The van der Waals surface area contributed by atoms with Gasteiger partial charge in [0.15, 0.2) is 0 Å². The molecule has 2 rings (SSSR count). The fourth-order valence-corrected chi connectivity index (χ4v) is 4.20. The van der Waals surface area contributed by atoms with Crippen LogP contribution in [-0.2, 0) is 10.0 Å². The van der Waals surface area contributed by atoms with Gasteiger partial charge in [0.05, 0.1) is 4.90 Å². The molecule has 1 saturated carbocycles. The van der Waals surface area contributed by atoms with Crippen LogP contribution in [0.15, 0.2) is 29.2 Å². The lowest BCUT2D eigenvalue weighted by Gasteiger charge is -2.17. The van der Waals surface area contributed by atoms with Crippen LogP contribution in [0.4, 0.5) is 0 Å². The van der Waals surface area contributed by atoms with Gasteiger partial charge in [-0.05, 0) is 37.5 Å². The molecule has 0 unspecified atom stereocenters. The van der Waals surface area contributed by atoms with Crippen LogP contribution < -0.4 is 4.72 Å². The normalized spacial score (nSPS) is 15.7. The van der Waals surface area contributed by atoms with Gasteiger partial charge in [-0.3, -0.25) is 4.79 Å². The molecular weight excluding hydrogens is 312 g/mol. The van der Waals surface area contributed by atoms with Gasteiger partial charge < -0.3 is 4.90 Å². The molecule has 0 aliphatic heterocycles. The van der Waals surface area contributed by atoms with Crippen LogP contribution in [0.2, 0.25) is 0 Å². The molecule has 0 atom stereocenters. The second-order valence-electron chi connectivity index (χ2n) is 6.21. The first kappa shape index (κ1) is 17.9. The summed E-state index contributed by atoms with van der Waals surface area (Å²) in [4.78, 5) is 14.2. The number of nitrogens with zero attached hydrogens (tertiary/aromatic N) is 1. The Bertz CT molecular complexity index is 637. The minimum atomic E-state index is -3.56. The highest BCUT2D eigenvalue weighted by Gasteiger charge is 2.23. The van der Waals surface area contributed by atoms with Crippen molar-refractivity contribution >= 4 is 15.9 Å². The molecule has 1 fully saturated rings. The number of benzene rings is 1. The number of carbonyl (C=O) groups is 1. The molecule has 5 nitrogen and oxygen atoms in total. The van der Waals surface area contributed by atoms with Gasteiger partial charge in [-0.1, -0.05) is 32.3 Å². The van der Waals surface area contributed by atoms with Crippen LogP contribution in [0, 0.1) is 0 Å². The molecule has 23 heavy (non-hydrogen) atoms. The monoisotopic (exact) mass is 338 g/mol. The van der Waals surface area contributed by atoms with E-state index in [0.29, 0.717) is 12.1 Å². The van der Waals surface area contributed by atoms with E-state index in [1.165, 1.54) is 6.07 Å². The second-order valence-corrected chi connectivity index (χ2v) is 7.92. The molecule has 6 heteroatoms. The number of sulfonamides is 1. The predicted octanol–water partition coefficient (Wildman–Crippen LogP) is 2.78. The van der Waals surface area contributed by atoms with Crippen LogP contribution in [0.25, 0.3) is 0 Å². The Morgan fingerprint density at radius 2 is 2.00 bits per heavy atom. The van der Waals surface area contributed by atoms with Crippen LogP contribution in [0.5, 0.6) is 0 Å². The minimum absolute atomic E-state index is 0.0200. The molecule has 0 bridgehead atoms. The maximum absolute atomic E-state index is 12.5. The molecule has 0 spiro atoms. The lowest BCUT2D eigenvalue weighted by Crippen LogP contribution is -2.33. The third-order valence-electron chi connectivity index (χ3n) is 4.26. The third kappa shape index (κ3) is 4.78. The fraction of sp³-hybridized carbons (Fsp3) is 0.588. The first-order valence-corrected chi connectivity index (χ1v) is 9.80. The molecule has 1 aliphatic carbocycles. The summed E-state index contributed by atoms with van der Waals surface area (Å²) < 4.78 is 27.7. The van der Waals surface area contributed by atoms with Crippen LogP contribution >= 0.6 is 0 Å². The van der Waals surface area contributed by atoms with E-state index >= 15 is 0 Å². The van der Waals surface area contributed by atoms with Gasteiger partial charge in [0, 0.05) is 25.2 Å². The first-order valence-electron chi connectivity index (χ1n) is 8.32. The van der Waals surface area contributed by atoms with E-state index in [9.17, 15) is 13.2 Å². The standard InChI is InChI=1S/C17H26N2O3S/c1-3-4-12-19(2)17(20)14-8-7-11-16(13-14)23(21,22)18-15-9-5-6-10-15/h7-8,11,13,15,18H,3-6,9-10,12H2,1-2H3. The van der Waals surface area contributed by atoms with E-state index in [4.69, 9.17) is 0 Å². The van der Waals surface area contributed by atoms with Gasteiger partial charge in [0.2, 0.25) is 10.0 Å². The number of amides is 1. The zero-order valence-electron chi connectivity index (χ0n) is 13.9. The number of carbonyl (C=O) groups excluding carboxylic acids is 1. The van der Waals surface area contributed by atoms with Crippen molar-refractivity contribution in [1.82, 2.24) is 9.62 Å². The average molecular weight is 338 g/mol. The smallest absolute Gasteiger partial charge is 0.253 e. The SMILES string of the molecule is CCCCN(C)C(=O)c1cccc(S(=O)(=O)NC2CCCC2)c1. The number of unbranched alkanes of at least 4 members (excludes halogenated alkanes) is 1. The topological polar surface area (TPSA) is 66.5 Å². The largest absolute Gasteiger partial charge is 0.342 e. The molecule has 128 valence electrons. The Balaban J connectivity index is 2.13. The summed E-state index contributed by atoms with van der Waals surface area (Å²) in [6, 6.07) is 6.33. The van der Waals surface area contributed by atoms with E-state index in [0.717, 1.165) is 38.5 Å². The lowest BCUT2D eigenvalue weighted by molar-refractivity contribution is 0.0793. The van der Waals surface area contributed by atoms with Crippen molar-refractivity contribution in [2.24, 2.45) is 0 Å². The molecule has 1 aromatic rings. The third-order valence-corrected chi connectivity index (χ3v) is 5.78. The second kappa shape index (κ2) is 7.93. The van der Waals surface area contributed by atoms with Crippen molar-refractivity contribution in [3.05, 3.63) is 29.8 Å². The molecule has 1 amide bonds. The summed E-state index contributed by atoms with van der Waals surface area (Å²) in [6.07, 6.45) is 5.85. The zero-order chi connectivity index (χ0) is 16.9. The molecule has 0 aromatic heterocycles. The van der Waals surface area contributed by atoms with Crippen LogP contribution in [-0.4, -0.2) is 38.9 Å². The highest BCUT2D eigenvalue weighted by molar-refractivity contribution is 7.89. The van der Waals surface area contributed by atoms with E-state index in [2.05, 4.69) is 11.6 Å². The van der Waals surface area contributed by atoms with Crippen molar-refractivity contribution < 1.29 is 13.2 Å². The van der Waals surface area contributed by atoms with E-state index < -0.39 is 10.0 Å². The number of rotatable bonds is 7. The molecule has 0 saturated heterocycles. The molecule has 0 heterocycles. The Labute approximate surface area is 139 Å². The van der Waals surface area contributed by atoms with Crippen molar-refractivity contribution in [1.29, 1.82) is 0 Å². The van der Waals surface area contributed by atoms with E-state index in [-0.39, 0.29) is 16.8 Å². The summed E-state index contributed by atoms with van der Waals surface area (Å²) in [5.41, 5.74) is 0.415. The molecular formula is C17H26N2O3S. The predicted molar refractivity (Wildman–Crippen MR) is 90.9 cm³/mol. The van der Waals surface area contributed by atoms with Gasteiger partial charge in [-0.15, -0.1) is 0 Å². The maximum atomic E-state index is 12.5. The minimum Gasteiger partial charge on any atom is -0.342 e. The Hall–Kier alpha value is -1.40. The summed E-state index contributed by atoms with van der Waals surface area (Å²) in [6.45, 7) is 2.74. The first-order chi connectivity index (χ1) is 10.9. The summed E-state index contributed by atoms with van der Waals surface area (Å²) in [5.74, 6) is -0.142. The van der Waals surface area contributed by atoms with Gasteiger partial charge in [-0.2, -0.15) is 0 Å². The summed E-state index contributed by atoms with van der Waals surface area (Å²) in [7, 11) is -1.82. The molecule has 1 N–H and O–H groups in total. The molecule has 0 radical (unpaired) electrons. The summed E-state index contributed by atoms with van der Waals surface area (Å²) in [5, 5.41) is 0. The molecule has 1 aliphatic rings. The lowest BCUT2D eigenvalue weighted by atomic mass is 10.2. The highest BCUT2D eigenvalue weighted by atomic mass is 32.2. The van der Waals surface area contributed by atoms with Crippen molar-refractivity contribution in [2.75, 3.05) is 13.6 Å². The van der Waals surface area contributed by atoms with Gasteiger partial charge in [0.1, 0.15) is 0 Å². The van der Waals surface area contributed by atoms with Crippen LogP contribution in [0.1, 0.15) is 55.8 Å². The zero-order valence-corrected chi connectivity index (χ0v) is 14.7. The van der Waals surface area contributed by atoms with E-state index in [1.807, 2.05) is 0 Å². The number of hydrogen-bond donors (Lipinski definition) is 1. The van der Waals surface area contributed by atoms with Gasteiger partial charge >= 0.3 is 0 Å². The maximum Gasteiger partial charge on any atom is 0.253 e. The van der Waals surface area contributed by atoms with Crippen molar-refractivity contribution in [3.8, 4) is 0 Å². The van der Waals surface area contributed by atoms with Crippen molar-refractivity contribution in [2.45, 2.75) is 56.4 Å². The molecule has 1 aromatic carbocycles. The number of nitrogens with one attached hydrogen (secondary N) is 1. The Morgan fingerprint density at radius 3 is 2.65 bits per heavy atom. The number of hydrogen-bond acceptors (Lipinski definition) is 3. The van der Waals surface area contributed by atoms with E-state index in [1.54, 1.807) is 30.1 Å².